The Morgan fingerprint density at radius 3 is 0.984 bits per heavy atom. The number of ether oxygens (including phenoxy) is 5. The Hall–Kier alpha value is -12.9. The Labute approximate surface area is 742 Å². The van der Waals surface area contributed by atoms with Crippen molar-refractivity contribution in [3.63, 3.8) is 0 Å². The van der Waals surface area contributed by atoms with Gasteiger partial charge in [0.25, 0.3) is 54.3 Å². The maximum absolute atomic E-state index is 13.0. The third-order valence-electron chi connectivity index (χ3n) is 17.4. The Kier molecular flexibility index (Phi) is 36.3. The van der Waals surface area contributed by atoms with Gasteiger partial charge in [-0.05, 0) is 244 Å². The van der Waals surface area contributed by atoms with Gasteiger partial charge in [-0.15, -0.1) is 0 Å². The van der Waals surface area contributed by atoms with Crippen LogP contribution in [0.1, 0.15) is 128 Å². The van der Waals surface area contributed by atoms with E-state index in [0.29, 0.717) is 161 Å². The number of furan rings is 2. The molecule has 0 bridgehead atoms. The number of aryl methyl sites for hydroxylation is 1. The molecule has 8 aromatic carbocycles. The van der Waals surface area contributed by atoms with Crippen LogP contribution in [0.3, 0.4) is 0 Å². The number of halogens is 1. The Morgan fingerprint density at radius 1 is 0.389 bits per heavy atom. The van der Waals surface area contributed by atoms with Gasteiger partial charge in [-0.1, -0.05) is 19.1 Å². The lowest BCUT2D eigenvalue weighted by Gasteiger charge is -2.22. The Morgan fingerprint density at radius 2 is 0.675 bits per heavy atom. The first-order valence-corrected chi connectivity index (χ1v) is 45.5. The lowest BCUT2D eigenvalue weighted by Crippen LogP contribution is -2.43. The van der Waals surface area contributed by atoms with Crippen LogP contribution in [-0.4, -0.2) is 144 Å². The standard InChI is InChI=1S/C22H27N5O5S.C21H29N5O5S.C19H20IN5O5S.C19H25N5O5S/c1-3-5-17-11-15-10-14(12-18(31-4-2)20(15)32-17)19(22(28)27-33(25,29)30)26-16-8-6-13(7-9-16)21(23)24;1-5-30-17-12-9-15(13-18(17)31-6-2)19(21(27)25-32(28,29)26(3)4)24-16-10-7-14(8-11-16)20(22)23;20-15-9-11(7-12-8-14(5-6-26)30-17(12)15)16(19(27)25-31(23,28)29)24-13-3-1-10(2-4-13)18(21)22;1-3-28-15-10-7-13(11-16(15)29-4-2)17(19(25)24-30(22,26)27)23-14-8-5-12(6-9-14)18(20)21/h6-12,19,26H,3-5H2,1-2H3,(H3,23,24)(H,27,28)(H2,25,29,30);7-13,19,24H,5-6H2,1-4H3,(H3,22,23)(H,25,27);1-4,7-9,16,24,26H,5-6H2,(H3,21,22)(H,25,27)(H2,23,28,29);5-11,17,23H,3-4H2,1-2H3,(H3,20,21)(H,24,25)(H2,22,26,27). The van der Waals surface area contributed by atoms with E-state index in [2.05, 4.69) is 48.6 Å². The fraction of sp³-hybridized carbons (Fsp3) is 0.259. The Balaban J connectivity index is 0.000000231. The number of hydrogen-bond donors (Lipinski definition) is 20. The van der Waals surface area contributed by atoms with Crippen molar-refractivity contribution in [1.82, 2.24) is 23.2 Å². The van der Waals surface area contributed by atoms with E-state index < -0.39 is 88.6 Å². The van der Waals surface area contributed by atoms with Crippen LogP contribution in [0.5, 0.6) is 28.7 Å². The number of nitrogens with zero attached hydrogens (tertiary/aromatic N) is 1. The first-order chi connectivity index (χ1) is 59.4. The number of hydrogen-bond acceptors (Lipinski definition) is 28. The first kappa shape index (κ1) is 100. The number of amidine groups is 4. The van der Waals surface area contributed by atoms with Crippen LogP contribution in [-0.2, 0) is 72.9 Å². The van der Waals surface area contributed by atoms with Gasteiger partial charge in [-0.2, -0.15) is 38.0 Å². The molecule has 40 nitrogen and oxygen atoms in total. The Bertz CT molecular complexity index is 6030. The largest absolute Gasteiger partial charge is 0.490 e. The van der Waals surface area contributed by atoms with E-state index in [1.807, 2.05) is 52.3 Å². The summed E-state index contributed by atoms with van der Waals surface area (Å²) < 4.78 is 142. The monoisotopic (exact) mass is 1930 g/mol. The molecule has 10 aromatic rings. The zero-order valence-corrected chi connectivity index (χ0v) is 75.0. The molecule has 0 saturated carbocycles. The molecular formula is C81H101IN20O20S4. The molecule has 27 N–H and O–H groups in total. The number of fused-ring (bicyclic) bond motifs is 2. The number of rotatable bonds is 39. The minimum atomic E-state index is -4.29. The second-order valence-corrected chi connectivity index (χ2v) is 34.1. The van der Waals surface area contributed by atoms with E-state index in [4.69, 9.17) is 97.6 Å². The summed E-state index contributed by atoms with van der Waals surface area (Å²) in [6.45, 7) is 13.1. The third kappa shape index (κ3) is 30.0. The minimum Gasteiger partial charge on any atom is -0.490 e. The van der Waals surface area contributed by atoms with Crippen molar-refractivity contribution < 1.29 is 90.5 Å². The van der Waals surface area contributed by atoms with Crippen molar-refractivity contribution in [2.75, 3.05) is 75.0 Å². The van der Waals surface area contributed by atoms with Gasteiger partial charge in [0.15, 0.2) is 34.3 Å². The topological polar surface area (TPSA) is 675 Å². The van der Waals surface area contributed by atoms with Crippen LogP contribution in [0, 0.1) is 25.2 Å². The summed E-state index contributed by atoms with van der Waals surface area (Å²) in [5.41, 5.74) is 28.9. The zero-order valence-electron chi connectivity index (χ0n) is 69.5. The molecule has 0 spiro atoms. The SMILES string of the molecule is CCCc1cc2cc(C(Nc3ccc(C(=N)N)cc3)C(=O)NS(N)(=O)=O)cc(OCC)c2o1.CCOc1ccc(C(Nc2ccc(C(=N)N)cc2)C(=O)NS(=O)(=O)N(C)C)cc1OCC.CCOc1ccc(C(Nc2ccc(C(=N)N)cc2)C(=O)NS(N)(=O)=O)cc1OCC.N=C(N)c1ccc(NC(C(=O)NS(N)(=O)=O)c2cc(I)c3oc(CCO)cc3c2)cc1. The van der Waals surface area contributed by atoms with Gasteiger partial charge in [-0.25, -0.2) is 34.3 Å². The number of aliphatic hydroxyl groups excluding tert-OH is 1. The molecule has 4 amide bonds. The number of nitrogen functional groups attached to an aromatic ring is 4. The van der Waals surface area contributed by atoms with Crippen molar-refractivity contribution in [3.05, 3.63) is 229 Å². The number of nitrogens with one attached hydrogen (secondary N) is 12. The molecule has 4 unspecified atom stereocenters. The number of carbonyl (C=O) groups excluding carboxylic acids is 4. The van der Waals surface area contributed by atoms with Gasteiger partial charge in [0.1, 0.15) is 64.6 Å². The number of benzene rings is 8. The van der Waals surface area contributed by atoms with Gasteiger partial charge >= 0.3 is 10.2 Å². The lowest BCUT2D eigenvalue weighted by atomic mass is 10.0. The molecule has 2 aromatic heterocycles. The normalized spacial score (nSPS) is 12.2. The average molecular weight is 1930 g/mol. The molecule has 0 aliphatic rings. The first-order valence-electron chi connectivity index (χ1n) is 38.3. The van der Waals surface area contributed by atoms with Crippen molar-refractivity contribution in [2.45, 2.75) is 85.0 Å². The molecule has 0 fully saturated rings. The van der Waals surface area contributed by atoms with E-state index >= 15 is 0 Å². The molecule has 10 rings (SSSR count). The fourth-order valence-corrected chi connectivity index (χ4v) is 14.3. The highest BCUT2D eigenvalue weighted by molar-refractivity contribution is 14.1. The molecule has 0 saturated heterocycles. The average Bonchev–Trinajstić information content (AvgIpc) is 1.62. The predicted octanol–water partition coefficient (Wildman–Crippen LogP) is 6.95. The molecule has 0 aliphatic heterocycles. The molecule has 45 heteroatoms. The quantitative estimate of drug-likeness (QED) is 0.0105. The van der Waals surface area contributed by atoms with E-state index in [0.717, 1.165) is 28.3 Å². The second-order valence-electron chi connectivity index (χ2n) is 27.1. The molecule has 0 aliphatic carbocycles. The van der Waals surface area contributed by atoms with Crippen LogP contribution in [0.4, 0.5) is 22.7 Å². The molecule has 2 heterocycles. The summed E-state index contributed by atoms with van der Waals surface area (Å²) in [5, 5.41) is 67.5. The van der Waals surface area contributed by atoms with Crippen LogP contribution in [0.2, 0.25) is 0 Å². The maximum Gasteiger partial charge on any atom is 0.303 e. The predicted molar refractivity (Wildman–Crippen MR) is 488 cm³/mol. The molecule has 126 heavy (non-hydrogen) atoms. The van der Waals surface area contributed by atoms with Crippen molar-refractivity contribution >= 4 is 155 Å². The number of aliphatic hydroxyl groups is 1. The third-order valence-corrected chi connectivity index (χ3v) is 21.1. The van der Waals surface area contributed by atoms with Crippen LogP contribution in [0.25, 0.3) is 21.9 Å². The van der Waals surface area contributed by atoms with Crippen molar-refractivity contribution in [2.24, 2.45) is 38.4 Å². The number of carbonyl (C=O) groups is 4. The van der Waals surface area contributed by atoms with Crippen molar-refractivity contribution in [3.8, 4) is 28.7 Å². The van der Waals surface area contributed by atoms with E-state index in [9.17, 15) is 52.8 Å². The summed E-state index contributed by atoms with van der Waals surface area (Å²) in [7, 11) is -14.2. The zero-order chi connectivity index (χ0) is 93.1. The van der Waals surface area contributed by atoms with Crippen molar-refractivity contribution in [1.29, 1.82) is 21.6 Å². The highest BCUT2D eigenvalue weighted by Crippen LogP contribution is 2.38. The van der Waals surface area contributed by atoms with E-state index in [1.54, 1.807) is 173 Å². The second kappa shape index (κ2) is 45.7. The highest BCUT2D eigenvalue weighted by atomic mass is 127. The van der Waals surface area contributed by atoms with Crippen LogP contribution >= 0.6 is 22.6 Å². The van der Waals surface area contributed by atoms with E-state index in [-0.39, 0.29) is 29.9 Å². The maximum atomic E-state index is 13.0. The van der Waals surface area contributed by atoms with Gasteiger partial charge in [0.2, 0.25) is 0 Å². The van der Waals surface area contributed by atoms with Gasteiger partial charge in [-0.3, -0.25) is 40.8 Å². The number of anilines is 4. The van der Waals surface area contributed by atoms with E-state index in [1.165, 1.54) is 14.1 Å². The molecule has 4 atom stereocenters. The molecule has 0 radical (unpaired) electrons. The molecular weight excluding hydrogens is 1830 g/mol. The number of nitrogens with two attached hydrogens (primary N) is 7. The van der Waals surface area contributed by atoms with Crippen LogP contribution in [0.15, 0.2) is 179 Å². The smallest absolute Gasteiger partial charge is 0.303 e. The van der Waals surface area contributed by atoms with Gasteiger partial charge in [0.05, 0.1) is 43.2 Å². The number of amides is 4. The summed E-state index contributed by atoms with van der Waals surface area (Å²) in [6.07, 6.45) is 1.98. The van der Waals surface area contributed by atoms with Gasteiger partial charge in [0, 0.05) is 82.7 Å². The molecule has 676 valence electrons. The summed E-state index contributed by atoms with van der Waals surface area (Å²) >= 11 is 2.06. The highest BCUT2D eigenvalue weighted by Gasteiger charge is 2.32. The van der Waals surface area contributed by atoms with Crippen LogP contribution < -0.4 is 102 Å². The summed E-state index contributed by atoms with van der Waals surface area (Å²) in [6, 6.07) is 41.7. The minimum absolute atomic E-state index is 0.0690. The lowest BCUT2D eigenvalue weighted by molar-refractivity contribution is -0.121. The van der Waals surface area contributed by atoms with Gasteiger partial charge < -0.3 is 81.8 Å². The summed E-state index contributed by atoms with van der Waals surface area (Å²) in [4.78, 5) is 51.3. The summed E-state index contributed by atoms with van der Waals surface area (Å²) in [5.74, 6) is -0.0944. The fourth-order valence-electron chi connectivity index (χ4n) is 11.8.